The maximum absolute atomic E-state index is 13.1. The summed E-state index contributed by atoms with van der Waals surface area (Å²) in [4.78, 5) is 12.5. The highest BCUT2D eigenvalue weighted by Crippen LogP contribution is 2.29. The van der Waals surface area contributed by atoms with Gasteiger partial charge in [0, 0.05) is 18.5 Å². The molecule has 1 aromatic carbocycles. The van der Waals surface area contributed by atoms with E-state index in [1.165, 1.54) is 18.6 Å². The molecule has 1 saturated carbocycles. The molecule has 2 rings (SSSR count). The molecule has 152 valence electrons. The Labute approximate surface area is 162 Å². The molecule has 0 bridgehead atoms. The number of sulfonamides is 1. The highest BCUT2D eigenvalue weighted by Gasteiger charge is 2.30. The monoisotopic (exact) mass is 398 g/mol. The molecule has 0 heterocycles. The van der Waals surface area contributed by atoms with Crippen LogP contribution >= 0.6 is 0 Å². The van der Waals surface area contributed by atoms with E-state index in [1.54, 1.807) is 0 Å². The Morgan fingerprint density at radius 1 is 1.19 bits per heavy atom. The van der Waals surface area contributed by atoms with E-state index in [4.69, 9.17) is 0 Å². The fourth-order valence-corrected chi connectivity index (χ4v) is 4.93. The lowest BCUT2D eigenvalue weighted by molar-refractivity contribution is -0.123. The number of halogens is 1. The lowest BCUT2D eigenvalue weighted by atomic mass is 9.78. The van der Waals surface area contributed by atoms with Crippen LogP contribution in [-0.4, -0.2) is 26.4 Å². The predicted octanol–water partition coefficient (Wildman–Crippen LogP) is 3.46. The summed E-state index contributed by atoms with van der Waals surface area (Å²) >= 11 is 0. The Balaban J connectivity index is 2.02. The van der Waals surface area contributed by atoms with E-state index in [-0.39, 0.29) is 29.2 Å². The summed E-state index contributed by atoms with van der Waals surface area (Å²) in [5, 5.41) is 3.09. The largest absolute Gasteiger partial charge is 0.353 e. The normalized spacial score (nSPS) is 24.6. The van der Waals surface area contributed by atoms with Gasteiger partial charge >= 0.3 is 0 Å². The molecule has 7 heteroatoms. The number of hydrogen-bond acceptors (Lipinski definition) is 3. The maximum atomic E-state index is 13.1. The van der Waals surface area contributed by atoms with Gasteiger partial charge in [0.25, 0.3) is 0 Å². The van der Waals surface area contributed by atoms with Gasteiger partial charge in [-0.3, -0.25) is 4.79 Å². The van der Waals surface area contributed by atoms with Crippen molar-refractivity contribution in [3.05, 3.63) is 30.1 Å². The van der Waals surface area contributed by atoms with Gasteiger partial charge in [0.15, 0.2) is 0 Å². The smallest absolute Gasteiger partial charge is 0.240 e. The van der Waals surface area contributed by atoms with Crippen LogP contribution in [0.15, 0.2) is 29.2 Å². The first-order chi connectivity index (χ1) is 12.6. The summed E-state index contributed by atoms with van der Waals surface area (Å²) < 4.78 is 40.8. The molecule has 2 N–H and O–H groups in total. The van der Waals surface area contributed by atoms with Crippen molar-refractivity contribution in [3.8, 4) is 0 Å². The minimum Gasteiger partial charge on any atom is -0.353 e. The van der Waals surface area contributed by atoms with Crippen molar-refractivity contribution in [2.45, 2.75) is 70.4 Å². The molecule has 1 aliphatic carbocycles. The Kier molecular flexibility index (Phi) is 7.40. The zero-order valence-electron chi connectivity index (χ0n) is 16.5. The highest BCUT2D eigenvalue weighted by atomic mass is 32.2. The third-order valence-corrected chi connectivity index (χ3v) is 7.20. The molecule has 1 aliphatic rings. The first-order valence-corrected chi connectivity index (χ1v) is 11.2. The first-order valence-electron chi connectivity index (χ1n) is 9.67. The molecular formula is C20H31FN2O3S. The van der Waals surface area contributed by atoms with Crippen molar-refractivity contribution in [1.82, 2.24) is 10.0 Å². The Morgan fingerprint density at radius 3 is 2.41 bits per heavy atom. The van der Waals surface area contributed by atoms with Crippen LogP contribution in [0.1, 0.15) is 53.4 Å². The van der Waals surface area contributed by atoms with Crippen molar-refractivity contribution in [2.24, 2.45) is 17.8 Å². The van der Waals surface area contributed by atoms with Crippen molar-refractivity contribution in [1.29, 1.82) is 0 Å². The van der Waals surface area contributed by atoms with E-state index in [0.29, 0.717) is 11.8 Å². The van der Waals surface area contributed by atoms with Crippen LogP contribution in [0.2, 0.25) is 0 Å². The average molecular weight is 399 g/mol. The third-order valence-electron chi connectivity index (χ3n) is 5.69. The van der Waals surface area contributed by atoms with Crippen LogP contribution in [0, 0.1) is 23.6 Å². The van der Waals surface area contributed by atoms with Gasteiger partial charge in [0.2, 0.25) is 15.9 Å². The molecule has 0 saturated heterocycles. The highest BCUT2D eigenvalue weighted by molar-refractivity contribution is 7.89. The van der Waals surface area contributed by atoms with Crippen LogP contribution in [0.3, 0.4) is 0 Å². The maximum Gasteiger partial charge on any atom is 0.240 e. The lowest BCUT2D eigenvalue weighted by Gasteiger charge is -2.35. The Hall–Kier alpha value is -1.47. The van der Waals surface area contributed by atoms with E-state index >= 15 is 0 Å². The fraction of sp³-hybridized carbons (Fsp3) is 0.650. The van der Waals surface area contributed by atoms with Gasteiger partial charge in [-0.2, -0.15) is 0 Å². The molecule has 27 heavy (non-hydrogen) atoms. The molecular weight excluding hydrogens is 367 g/mol. The number of rotatable bonds is 7. The van der Waals surface area contributed by atoms with Gasteiger partial charge in [0.05, 0.1) is 4.90 Å². The van der Waals surface area contributed by atoms with Gasteiger partial charge < -0.3 is 5.32 Å². The van der Waals surface area contributed by atoms with E-state index < -0.39 is 21.9 Å². The van der Waals surface area contributed by atoms with Crippen molar-refractivity contribution in [3.63, 3.8) is 0 Å². The van der Waals surface area contributed by atoms with Crippen LogP contribution in [0.5, 0.6) is 0 Å². The van der Waals surface area contributed by atoms with E-state index in [2.05, 4.69) is 23.9 Å². The molecule has 1 amide bonds. The molecule has 1 fully saturated rings. The predicted molar refractivity (Wildman–Crippen MR) is 104 cm³/mol. The molecule has 0 radical (unpaired) electrons. The summed E-state index contributed by atoms with van der Waals surface area (Å²) in [6, 6.07) is 4.27. The van der Waals surface area contributed by atoms with Crippen molar-refractivity contribution < 1.29 is 17.6 Å². The first kappa shape index (κ1) is 21.8. The Morgan fingerprint density at radius 2 is 1.81 bits per heavy atom. The second-order valence-corrected chi connectivity index (χ2v) is 9.79. The number of hydrogen-bond donors (Lipinski definition) is 2. The number of carbonyl (C=O) groups excluding carboxylic acids is 1. The van der Waals surface area contributed by atoms with Gasteiger partial charge in [-0.15, -0.1) is 0 Å². The molecule has 4 unspecified atom stereocenters. The van der Waals surface area contributed by atoms with Gasteiger partial charge in [-0.05, 0) is 48.4 Å². The summed E-state index contributed by atoms with van der Waals surface area (Å²) in [6.07, 6.45) is 3.32. The molecule has 4 atom stereocenters. The summed E-state index contributed by atoms with van der Waals surface area (Å²) in [6.45, 7) is 8.11. The molecule has 5 nitrogen and oxygen atoms in total. The fourth-order valence-electron chi connectivity index (χ4n) is 3.55. The second kappa shape index (κ2) is 9.15. The summed E-state index contributed by atoms with van der Waals surface area (Å²) in [5.41, 5.74) is 0. The standard InChI is InChI=1S/C20H31FN2O3S/c1-13(2)19(23-27(25,26)17-10-8-16(21)9-11-17)12-20(24)22-18-7-5-6-14(3)15(18)4/h8-11,13-15,18-19,23H,5-7,12H2,1-4H3,(H,22,24). The minimum absolute atomic E-state index is 0.00955. The molecule has 0 spiro atoms. The van der Waals surface area contributed by atoms with Crippen LogP contribution in [0.25, 0.3) is 0 Å². The second-order valence-electron chi connectivity index (χ2n) is 8.07. The van der Waals surface area contributed by atoms with Crippen LogP contribution < -0.4 is 10.0 Å². The number of carbonyl (C=O) groups is 1. The molecule has 0 aliphatic heterocycles. The number of amides is 1. The Bertz CT molecular complexity index is 734. The van der Waals surface area contributed by atoms with Gasteiger partial charge in [-0.25, -0.2) is 17.5 Å². The minimum atomic E-state index is -3.82. The summed E-state index contributed by atoms with van der Waals surface area (Å²) in [7, 11) is -3.82. The zero-order valence-corrected chi connectivity index (χ0v) is 17.4. The number of benzene rings is 1. The zero-order chi connectivity index (χ0) is 20.2. The van der Waals surface area contributed by atoms with Crippen molar-refractivity contribution >= 4 is 15.9 Å². The van der Waals surface area contributed by atoms with E-state index in [9.17, 15) is 17.6 Å². The van der Waals surface area contributed by atoms with E-state index in [1.807, 2.05) is 13.8 Å². The lowest BCUT2D eigenvalue weighted by Crippen LogP contribution is -2.47. The molecule has 1 aromatic rings. The van der Waals surface area contributed by atoms with Gasteiger partial charge in [0.1, 0.15) is 5.82 Å². The SMILES string of the molecule is CC(C)C(CC(=O)NC1CCCC(C)C1C)NS(=O)(=O)c1ccc(F)cc1. The quantitative estimate of drug-likeness (QED) is 0.739. The topological polar surface area (TPSA) is 75.3 Å². The average Bonchev–Trinajstić information content (AvgIpc) is 2.58. The molecule has 0 aromatic heterocycles. The van der Waals surface area contributed by atoms with Crippen LogP contribution in [-0.2, 0) is 14.8 Å². The van der Waals surface area contributed by atoms with Crippen LogP contribution in [0.4, 0.5) is 4.39 Å². The number of nitrogens with one attached hydrogen (secondary N) is 2. The van der Waals surface area contributed by atoms with Gasteiger partial charge in [-0.1, -0.05) is 40.5 Å². The van der Waals surface area contributed by atoms with Crippen molar-refractivity contribution in [2.75, 3.05) is 0 Å². The third kappa shape index (κ3) is 6.01. The van der Waals surface area contributed by atoms with E-state index in [0.717, 1.165) is 25.0 Å². The summed E-state index contributed by atoms with van der Waals surface area (Å²) in [5.74, 6) is 0.290.